The third-order valence-corrected chi connectivity index (χ3v) is 9.13. The molecule has 0 N–H and O–H groups in total. The van der Waals surface area contributed by atoms with Crippen molar-refractivity contribution in [3.8, 4) is 0 Å². The Labute approximate surface area is 218 Å². The zero-order valence-corrected chi connectivity index (χ0v) is 22.1. The summed E-state index contributed by atoms with van der Waals surface area (Å²) in [6.07, 6.45) is 8.04. The van der Waals surface area contributed by atoms with Gasteiger partial charge < -0.3 is 21.5 Å². The highest BCUT2D eigenvalue weighted by Crippen LogP contribution is 2.44. The second kappa shape index (κ2) is 8.47. The molecule has 0 amide bonds. The minimum absolute atomic E-state index is 0. The molecule has 7 rings (SSSR count). The van der Waals surface area contributed by atoms with Crippen molar-refractivity contribution < 1.29 is 21.5 Å². The largest absolute Gasteiger partial charge is 1.00 e. The monoisotopic (exact) mass is 521 g/mol. The average molecular weight is 523 g/mol. The number of rotatable bonds is 3. The Kier molecular flexibility index (Phi) is 5.51. The molecule has 35 heavy (non-hydrogen) atoms. The molecule has 176 valence electrons. The van der Waals surface area contributed by atoms with Gasteiger partial charge in [-0.1, -0.05) is 78.9 Å². The molecule has 3 atom stereocenters. The van der Waals surface area contributed by atoms with Crippen molar-refractivity contribution in [2.75, 3.05) is 14.1 Å². The SMILES string of the molecule is C[N+]1(C)[C@@H]2CC[C@H]1C[C@@H](/C=C(\c1ccccc1)c1cc3ccc4cccc5ccc(c1)c3c45)C2.[Br-]. The molecule has 2 saturated heterocycles. The lowest BCUT2D eigenvalue weighted by atomic mass is 9.84. The van der Waals surface area contributed by atoms with Gasteiger partial charge in [-0.05, 0) is 67.1 Å². The van der Waals surface area contributed by atoms with Crippen LogP contribution < -0.4 is 17.0 Å². The fourth-order valence-corrected chi connectivity index (χ4v) is 7.18. The van der Waals surface area contributed by atoms with Crippen molar-refractivity contribution in [1.82, 2.24) is 0 Å². The third-order valence-electron chi connectivity index (χ3n) is 9.13. The van der Waals surface area contributed by atoms with Gasteiger partial charge in [-0.2, -0.15) is 0 Å². The van der Waals surface area contributed by atoms with Crippen molar-refractivity contribution in [1.29, 1.82) is 0 Å². The summed E-state index contributed by atoms with van der Waals surface area (Å²) in [6, 6.07) is 33.4. The van der Waals surface area contributed by atoms with Crippen LogP contribution in [0.1, 0.15) is 36.8 Å². The van der Waals surface area contributed by atoms with Gasteiger partial charge in [-0.3, -0.25) is 0 Å². The molecule has 0 aliphatic carbocycles. The molecule has 2 heteroatoms. The summed E-state index contributed by atoms with van der Waals surface area (Å²) in [4.78, 5) is 0. The molecule has 1 nitrogen and oxygen atoms in total. The fourth-order valence-electron chi connectivity index (χ4n) is 7.18. The van der Waals surface area contributed by atoms with E-state index in [-0.39, 0.29) is 17.0 Å². The number of piperidine rings is 1. The highest BCUT2D eigenvalue weighted by molar-refractivity contribution is 6.23. The van der Waals surface area contributed by atoms with Crippen LogP contribution in [0.5, 0.6) is 0 Å². The molecule has 5 aromatic carbocycles. The van der Waals surface area contributed by atoms with Gasteiger partial charge in [0.2, 0.25) is 0 Å². The number of benzene rings is 5. The summed E-state index contributed by atoms with van der Waals surface area (Å²) in [5, 5.41) is 8.17. The molecule has 5 aromatic rings. The standard InChI is InChI=1S/C33H32N.BrH/c1-34(2)29-15-16-30(34)18-22(17-29)19-31(23-7-4-3-5-8-23)28-20-26-13-11-24-9-6-10-25-12-14-27(21-28)33(26)32(24)25;/h3-14,19-22,29-30H,15-18H2,1-2H3;1H/q+1;/p-1/b31-19+;/t22-,29+,30-;. The van der Waals surface area contributed by atoms with E-state index in [1.807, 2.05) is 0 Å². The lowest BCUT2D eigenvalue weighted by Crippen LogP contribution is -3.00. The summed E-state index contributed by atoms with van der Waals surface area (Å²) in [5.74, 6) is 0.657. The van der Waals surface area contributed by atoms with Crippen LogP contribution in [0.25, 0.3) is 37.9 Å². The highest BCUT2D eigenvalue weighted by Gasteiger charge is 2.48. The van der Waals surface area contributed by atoms with Crippen LogP contribution in [-0.4, -0.2) is 30.7 Å². The first-order valence-corrected chi connectivity index (χ1v) is 12.9. The van der Waals surface area contributed by atoms with Gasteiger partial charge in [0.05, 0.1) is 26.2 Å². The van der Waals surface area contributed by atoms with Gasteiger partial charge in [-0.25, -0.2) is 0 Å². The van der Waals surface area contributed by atoms with E-state index in [1.54, 1.807) is 0 Å². The Bertz CT molecular complexity index is 1470. The lowest BCUT2D eigenvalue weighted by Gasteiger charge is -2.44. The van der Waals surface area contributed by atoms with E-state index in [4.69, 9.17) is 0 Å². The quantitative estimate of drug-likeness (QED) is 0.230. The van der Waals surface area contributed by atoms with Crippen LogP contribution in [0.4, 0.5) is 0 Å². The van der Waals surface area contributed by atoms with Gasteiger partial charge in [-0.15, -0.1) is 0 Å². The molecule has 0 radical (unpaired) electrons. The zero-order valence-electron chi connectivity index (χ0n) is 20.5. The predicted molar refractivity (Wildman–Crippen MR) is 145 cm³/mol. The Hall–Kier alpha value is -2.68. The maximum Gasteiger partial charge on any atom is 0.0896 e. The van der Waals surface area contributed by atoms with Crippen molar-refractivity contribution in [3.63, 3.8) is 0 Å². The Morgan fingerprint density at radius 3 is 1.80 bits per heavy atom. The first-order valence-electron chi connectivity index (χ1n) is 12.9. The van der Waals surface area contributed by atoms with E-state index in [0.717, 1.165) is 12.1 Å². The number of nitrogens with zero attached hydrogens (tertiary/aromatic N) is 1. The molecule has 0 aromatic heterocycles. The number of fused-ring (bicyclic) bond motifs is 2. The van der Waals surface area contributed by atoms with Crippen LogP contribution in [-0.2, 0) is 0 Å². The third kappa shape index (κ3) is 3.61. The Morgan fingerprint density at radius 2 is 1.20 bits per heavy atom. The predicted octanol–water partition coefficient (Wildman–Crippen LogP) is 5.04. The molecule has 2 bridgehead atoms. The second-order valence-electron chi connectivity index (χ2n) is 11.2. The minimum atomic E-state index is 0. The minimum Gasteiger partial charge on any atom is -1.00 e. The lowest BCUT2D eigenvalue weighted by molar-refractivity contribution is -0.931. The normalized spacial score (nSPS) is 23.7. The maximum absolute atomic E-state index is 2.63. The van der Waals surface area contributed by atoms with Crippen LogP contribution in [0.15, 0.2) is 91.0 Å². The average Bonchev–Trinajstić information content (AvgIpc) is 3.01. The summed E-state index contributed by atoms with van der Waals surface area (Å²) >= 11 is 0. The van der Waals surface area contributed by atoms with E-state index in [9.17, 15) is 0 Å². The van der Waals surface area contributed by atoms with E-state index in [1.165, 1.54) is 79.2 Å². The van der Waals surface area contributed by atoms with Gasteiger partial charge >= 0.3 is 0 Å². The molecule has 0 saturated carbocycles. The van der Waals surface area contributed by atoms with E-state index < -0.39 is 0 Å². The number of hydrogen-bond acceptors (Lipinski definition) is 0. The topological polar surface area (TPSA) is 0 Å². The van der Waals surface area contributed by atoms with Crippen LogP contribution >= 0.6 is 0 Å². The first-order chi connectivity index (χ1) is 16.6. The summed E-state index contributed by atoms with van der Waals surface area (Å²) in [7, 11) is 4.92. The van der Waals surface area contributed by atoms with E-state index >= 15 is 0 Å². The molecule has 0 spiro atoms. The van der Waals surface area contributed by atoms with Gasteiger partial charge in [0.15, 0.2) is 0 Å². The second-order valence-corrected chi connectivity index (χ2v) is 11.2. The molecule has 2 aliphatic rings. The van der Waals surface area contributed by atoms with Crippen molar-refractivity contribution in [3.05, 3.63) is 102 Å². The molecular weight excluding hydrogens is 490 g/mol. The molecule has 2 fully saturated rings. The zero-order chi connectivity index (χ0) is 22.9. The summed E-state index contributed by atoms with van der Waals surface area (Å²) in [6.45, 7) is 0. The first kappa shape index (κ1) is 22.8. The van der Waals surface area contributed by atoms with Crippen molar-refractivity contribution >= 4 is 37.9 Å². The van der Waals surface area contributed by atoms with E-state index in [2.05, 4.69) is 105 Å². The highest BCUT2D eigenvalue weighted by atomic mass is 79.9. The van der Waals surface area contributed by atoms with Crippen molar-refractivity contribution in [2.24, 2.45) is 5.92 Å². The summed E-state index contributed by atoms with van der Waals surface area (Å²) < 4.78 is 1.23. The van der Waals surface area contributed by atoms with Crippen molar-refractivity contribution in [2.45, 2.75) is 37.8 Å². The molecule has 2 aliphatic heterocycles. The van der Waals surface area contributed by atoms with Crippen LogP contribution in [0.2, 0.25) is 0 Å². The van der Waals surface area contributed by atoms with Crippen LogP contribution in [0, 0.1) is 5.92 Å². The fraction of sp³-hybridized carbons (Fsp3) is 0.273. The smallest absolute Gasteiger partial charge is 0.0896 e. The van der Waals surface area contributed by atoms with Gasteiger partial charge in [0.1, 0.15) is 0 Å². The number of allylic oxidation sites excluding steroid dienone is 1. The molecule has 0 unspecified atom stereocenters. The van der Waals surface area contributed by atoms with Gasteiger partial charge in [0, 0.05) is 25.7 Å². The molecule has 2 heterocycles. The Balaban J connectivity index is 0.00000229. The Morgan fingerprint density at radius 1 is 0.657 bits per heavy atom. The summed E-state index contributed by atoms with van der Waals surface area (Å²) in [5.41, 5.74) is 4.09. The number of quaternary nitrogens is 1. The maximum atomic E-state index is 2.63. The van der Waals surface area contributed by atoms with Crippen LogP contribution in [0.3, 0.4) is 0 Å². The number of halogens is 1. The number of hydrogen-bond donors (Lipinski definition) is 0. The van der Waals surface area contributed by atoms with Gasteiger partial charge in [0.25, 0.3) is 0 Å². The van der Waals surface area contributed by atoms with E-state index in [0.29, 0.717) is 5.92 Å². The molecular formula is C33H32BrN.